The predicted octanol–water partition coefficient (Wildman–Crippen LogP) is 1.59. The Morgan fingerprint density at radius 3 is 2.68 bits per heavy atom. The fraction of sp³-hybridized carbons (Fsp3) is 0.533. The van der Waals surface area contributed by atoms with Crippen LogP contribution in [0.15, 0.2) is 18.2 Å². The van der Waals surface area contributed by atoms with Crippen LogP contribution in [0.5, 0.6) is 0 Å². The van der Waals surface area contributed by atoms with Gasteiger partial charge in [0.25, 0.3) is 0 Å². The van der Waals surface area contributed by atoms with Gasteiger partial charge < -0.3 is 4.90 Å². The van der Waals surface area contributed by atoms with Crippen molar-refractivity contribution in [2.24, 2.45) is 5.92 Å². The molecule has 0 radical (unpaired) electrons. The molecule has 1 aliphatic heterocycles. The second-order valence-corrected chi connectivity index (χ2v) is 7.99. The normalized spacial score (nSPS) is 18.2. The molecule has 3 rings (SSSR count). The van der Waals surface area contributed by atoms with Crippen LogP contribution in [0.4, 0.5) is 11.4 Å². The highest BCUT2D eigenvalue weighted by molar-refractivity contribution is 7.90. The summed E-state index contributed by atoms with van der Waals surface area (Å²) in [4.78, 5) is 14.2. The number of nitrogens with one attached hydrogen (secondary N) is 1. The molecule has 22 heavy (non-hydrogen) atoms. The summed E-state index contributed by atoms with van der Waals surface area (Å²) < 4.78 is 27.5. The van der Waals surface area contributed by atoms with E-state index in [-0.39, 0.29) is 11.8 Å². The van der Waals surface area contributed by atoms with Crippen LogP contribution in [-0.2, 0) is 21.4 Å². The Morgan fingerprint density at radius 2 is 2.05 bits per heavy atom. The maximum atomic E-state index is 12.4. The molecule has 1 aliphatic carbocycles. The number of anilines is 2. The van der Waals surface area contributed by atoms with E-state index in [1.807, 2.05) is 11.0 Å². The molecule has 1 aromatic rings. The van der Waals surface area contributed by atoms with E-state index < -0.39 is 10.2 Å². The smallest absolute Gasteiger partial charge is 0.301 e. The van der Waals surface area contributed by atoms with Crippen LogP contribution in [0, 0.1) is 5.92 Å². The molecule has 2 aliphatic rings. The summed E-state index contributed by atoms with van der Waals surface area (Å²) in [7, 11) is -0.588. The maximum Gasteiger partial charge on any atom is 0.301 e. The lowest BCUT2D eigenvalue weighted by Gasteiger charge is -2.30. The summed E-state index contributed by atoms with van der Waals surface area (Å²) in [6, 6.07) is 5.44. The molecule has 1 aromatic carbocycles. The zero-order valence-corrected chi connectivity index (χ0v) is 13.7. The molecule has 1 N–H and O–H groups in total. The molecule has 0 saturated heterocycles. The molecule has 1 heterocycles. The van der Waals surface area contributed by atoms with Crippen LogP contribution >= 0.6 is 0 Å². The lowest BCUT2D eigenvalue weighted by molar-refractivity contribution is -0.119. The molecule has 0 atom stereocenters. The highest BCUT2D eigenvalue weighted by atomic mass is 32.2. The number of benzene rings is 1. The van der Waals surface area contributed by atoms with Gasteiger partial charge in [0.05, 0.1) is 5.69 Å². The predicted molar refractivity (Wildman–Crippen MR) is 86.1 cm³/mol. The van der Waals surface area contributed by atoms with Gasteiger partial charge in [-0.3, -0.25) is 9.52 Å². The van der Waals surface area contributed by atoms with Gasteiger partial charge >= 0.3 is 10.2 Å². The third-order valence-corrected chi connectivity index (χ3v) is 5.58. The quantitative estimate of drug-likeness (QED) is 0.915. The fourth-order valence-corrected chi connectivity index (χ4v) is 3.27. The van der Waals surface area contributed by atoms with Gasteiger partial charge in [0.15, 0.2) is 0 Å². The number of hydrogen-bond acceptors (Lipinski definition) is 3. The Morgan fingerprint density at radius 1 is 1.32 bits per heavy atom. The number of aryl methyl sites for hydroxylation is 1. The third-order valence-electron chi connectivity index (χ3n) is 4.12. The van der Waals surface area contributed by atoms with E-state index in [2.05, 4.69) is 4.72 Å². The second kappa shape index (κ2) is 5.55. The van der Waals surface area contributed by atoms with E-state index in [4.69, 9.17) is 0 Å². The van der Waals surface area contributed by atoms with Crippen LogP contribution in [-0.4, -0.2) is 39.3 Å². The first-order valence-corrected chi connectivity index (χ1v) is 8.97. The van der Waals surface area contributed by atoms with Crippen LogP contribution in [0.2, 0.25) is 0 Å². The molecular weight excluding hydrogens is 302 g/mol. The molecule has 0 aromatic heterocycles. The zero-order valence-electron chi connectivity index (χ0n) is 12.9. The monoisotopic (exact) mass is 323 g/mol. The fourth-order valence-electron chi connectivity index (χ4n) is 2.66. The molecule has 7 heteroatoms. The number of carbonyl (C=O) groups is 1. The van der Waals surface area contributed by atoms with Crippen molar-refractivity contribution in [2.75, 3.05) is 30.3 Å². The van der Waals surface area contributed by atoms with Gasteiger partial charge in [-0.25, -0.2) is 0 Å². The number of fused-ring (bicyclic) bond motifs is 1. The zero-order chi connectivity index (χ0) is 15.9. The van der Waals surface area contributed by atoms with Gasteiger partial charge in [-0.1, -0.05) is 6.07 Å². The van der Waals surface area contributed by atoms with Crippen LogP contribution in [0.25, 0.3) is 0 Å². The van der Waals surface area contributed by atoms with Crippen molar-refractivity contribution in [3.8, 4) is 0 Å². The first-order valence-electron chi connectivity index (χ1n) is 7.53. The minimum atomic E-state index is -3.54. The summed E-state index contributed by atoms with van der Waals surface area (Å²) in [5.41, 5.74) is 2.44. The van der Waals surface area contributed by atoms with Crippen LogP contribution < -0.4 is 9.62 Å². The second-order valence-electron chi connectivity index (χ2n) is 6.10. The number of amides is 1. The molecule has 0 unspecified atom stereocenters. The van der Waals surface area contributed by atoms with Gasteiger partial charge in [-0.05, 0) is 43.4 Å². The number of hydrogen-bond donors (Lipinski definition) is 1. The first kappa shape index (κ1) is 15.3. The third kappa shape index (κ3) is 2.96. The number of rotatable bonds is 4. The largest absolute Gasteiger partial charge is 0.312 e. The highest BCUT2D eigenvalue weighted by Crippen LogP contribution is 2.37. The van der Waals surface area contributed by atoms with E-state index in [0.29, 0.717) is 12.2 Å². The topological polar surface area (TPSA) is 69.7 Å². The SMILES string of the molecule is CN(C)S(=O)(=O)Nc1ccc2c(c1)N(C(=O)C1CC1)CCC2. The van der Waals surface area contributed by atoms with Crippen molar-refractivity contribution in [3.63, 3.8) is 0 Å². The average Bonchev–Trinajstić information content (AvgIpc) is 3.30. The van der Waals surface area contributed by atoms with Gasteiger partial charge in [0.2, 0.25) is 5.91 Å². The standard InChI is InChI=1S/C15H21N3O3S/c1-17(2)22(20,21)16-13-8-7-11-4-3-9-18(14(11)10-13)15(19)12-5-6-12/h7-8,10,12,16H,3-6,9H2,1-2H3. The first-order chi connectivity index (χ1) is 10.4. The molecular formula is C15H21N3O3S. The maximum absolute atomic E-state index is 12.4. The Balaban J connectivity index is 1.90. The van der Waals surface area contributed by atoms with Gasteiger partial charge in [-0.2, -0.15) is 12.7 Å². The molecule has 6 nitrogen and oxygen atoms in total. The Hall–Kier alpha value is -1.60. The van der Waals surface area contributed by atoms with E-state index in [1.54, 1.807) is 12.1 Å². The summed E-state index contributed by atoms with van der Waals surface area (Å²) in [5, 5.41) is 0. The minimum Gasteiger partial charge on any atom is -0.312 e. The van der Waals surface area contributed by atoms with E-state index in [0.717, 1.165) is 41.2 Å². The average molecular weight is 323 g/mol. The van der Waals surface area contributed by atoms with Crippen molar-refractivity contribution < 1.29 is 13.2 Å². The number of nitrogens with zero attached hydrogens (tertiary/aromatic N) is 2. The Labute approximate surface area is 131 Å². The van der Waals surface area contributed by atoms with Gasteiger partial charge in [-0.15, -0.1) is 0 Å². The van der Waals surface area contributed by atoms with E-state index in [9.17, 15) is 13.2 Å². The molecule has 120 valence electrons. The van der Waals surface area contributed by atoms with Gasteiger partial charge in [0.1, 0.15) is 0 Å². The van der Waals surface area contributed by atoms with Crippen LogP contribution in [0.3, 0.4) is 0 Å². The molecule has 0 spiro atoms. The van der Waals surface area contributed by atoms with Crippen molar-refractivity contribution in [3.05, 3.63) is 23.8 Å². The highest BCUT2D eigenvalue weighted by Gasteiger charge is 2.35. The lowest BCUT2D eigenvalue weighted by Crippen LogP contribution is -2.36. The molecule has 1 saturated carbocycles. The lowest BCUT2D eigenvalue weighted by atomic mass is 10.0. The summed E-state index contributed by atoms with van der Waals surface area (Å²) in [6.45, 7) is 0.715. The summed E-state index contributed by atoms with van der Waals surface area (Å²) in [6.07, 6.45) is 3.81. The van der Waals surface area contributed by atoms with Gasteiger partial charge in [0, 0.05) is 32.2 Å². The van der Waals surface area contributed by atoms with Crippen molar-refractivity contribution in [1.29, 1.82) is 0 Å². The van der Waals surface area contributed by atoms with E-state index in [1.165, 1.54) is 14.1 Å². The summed E-state index contributed by atoms with van der Waals surface area (Å²) >= 11 is 0. The van der Waals surface area contributed by atoms with Crippen molar-refractivity contribution in [2.45, 2.75) is 25.7 Å². The Kier molecular flexibility index (Phi) is 3.86. The molecule has 1 amide bonds. The van der Waals surface area contributed by atoms with E-state index >= 15 is 0 Å². The van der Waals surface area contributed by atoms with Crippen LogP contribution in [0.1, 0.15) is 24.8 Å². The minimum absolute atomic E-state index is 0.160. The molecule has 0 bridgehead atoms. The van der Waals surface area contributed by atoms with Crippen molar-refractivity contribution in [1.82, 2.24) is 4.31 Å². The molecule has 1 fully saturated rings. The van der Waals surface area contributed by atoms with Crippen molar-refractivity contribution >= 4 is 27.5 Å². The summed E-state index contributed by atoms with van der Waals surface area (Å²) in [5.74, 6) is 0.335. The number of carbonyl (C=O) groups excluding carboxylic acids is 1. The Bertz CT molecular complexity index is 696.